The van der Waals surface area contributed by atoms with Gasteiger partial charge in [0, 0.05) is 31.6 Å². The number of hydrogen-bond donors (Lipinski definition) is 1. The number of benzene rings is 1. The molecule has 0 saturated carbocycles. The molecule has 84 valence electrons. The molecule has 1 saturated heterocycles. The number of nitrogens with one attached hydrogen (secondary N) is 1. The van der Waals surface area contributed by atoms with E-state index in [1.165, 1.54) is 11.1 Å². The molecule has 0 aromatic heterocycles. The fraction of sp³-hybridized carbons (Fsp3) is 0.429. The zero-order valence-corrected chi connectivity index (χ0v) is 9.69. The van der Waals surface area contributed by atoms with Gasteiger partial charge in [-0.25, -0.2) is 0 Å². The van der Waals surface area contributed by atoms with Gasteiger partial charge in [-0.1, -0.05) is 36.4 Å². The van der Waals surface area contributed by atoms with E-state index in [2.05, 4.69) is 53.7 Å². The number of rotatable bonds is 1. The van der Waals surface area contributed by atoms with Gasteiger partial charge in [0.2, 0.25) is 0 Å². The first-order chi connectivity index (χ1) is 7.86. The molecule has 0 spiro atoms. The molecule has 0 radical (unpaired) electrons. The lowest BCUT2D eigenvalue weighted by atomic mass is 9.91. The zero-order chi connectivity index (χ0) is 11.0. The molecule has 0 amide bonds. The number of likely N-dealkylation sites (N-methyl/N-ethyl adjacent to an activating group) is 1. The molecular formula is C14H18N2. The summed E-state index contributed by atoms with van der Waals surface area (Å²) in [5, 5.41) is 3.50. The Morgan fingerprint density at radius 2 is 2.19 bits per heavy atom. The Bertz CT molecular complexity index is 411. The van der Waals surface area contributed by atoms with Crippen LogP contribution in [0.4, 0.5) is 0 Å². The third-order valence-electron chi connectivity index (χ3n) is 3.81. The van der Waals surface area contributed by atoms with Crippen LogP contribution >= 0.6 is 0 Å². The van der Waals surface area contributed by atoms with E-state index in [-0.39, 0.29) is 0 Å². The molecular weight excluding hydrogens is 196 g/mol. The van der Waals surface area contributed by atoms with Crippen LogP contribution in [0, 0.1) is 0 Å². The fourth-order valence-corrected chi connectivity index (χ4v) is 2.84. The highest BCUT2D eigenvalue weighted by Crippen LogP contribution is 2.34. The summed E-state index contributed by atoms with van der Waals surface area (Å²) in [6, 6.07) is 9.35. The third-order valence-corrected chi connectivity index (χ3v) is 3.81. The lowest BCUT2D eigenvalue weighted by molar-refractivity contribution is 0.187. The maximum Gasteiger partial charge on any atom is 0.0321 e. The van der Waals surface area contributed by atoms with Gasteiger partial charge in [-0.3, -0.25) is 4.90 Å². The Labute approximate surface area is 97.0 Å². The highest BCUT2D eigenvalue weighted by atomic mass is 15.2. The Hall–Kier alpha value is -1.12. The van der Waals surface area contributed by atoms with Crippen molar-refractivity contribution in [2.24, 2.45) is 0 Å². The molecule has 3 rings (SSSR count). The molecule has 1 fully saturated rings. The molecule has 2 heteroatoms. The second-order valence-electron chi connectivity index (χ2n) is 4.77. The summed E-state index contributed by atoms with van der Waals surface area (Å²) in [6.07, 6.45) is 4.63. The highest BCUT2D eigenvalue weighted by molar-refractivity contribution is 5.62. The van der Waals surface area contributed by atoms with Gasteiger partial charge in [-0.2, -0.15) is 0 Å². The number of nitrogens with zero attached hydrogens (tertiary/aromatic N) is 1. The Morgan fingerprint density at radius 3 is 3.06 bits per heavy atom. The lowest BCUT2D eigenvalue weighted by Crippen LogP contribution is -2.51. The summed E-state index contributed by atoms with van der Waals surface area (Å²) in [6.45, 7) is 3.36. The SMILES string of the molecule is CN1CCNCC1C1C=Cc2ccccc21. The average Bonchev–Trinajstić information content (AvgIpc) is 2.74. The minimum Gasteiger partial charge on any atom is -0.314 e. The van der Waals surface area contributed by atoms with Gasteiger partial charge in [-0.15, -0.1) is 0 Å². The number of piperazine rings is 1. The molecule has 1 N–H and O–H groups in total. The number of fused-ring (bicyclic) bond motifs is 1. The maximum absolute atomic E-state index is 3.50. The molecule has 1 heterocycles. The predicted octanol–water partition coefficient (Wildman–Crippen LogP) is 1.70. The van der Waals surface area contributed by atoms with Crippen LogP contribution in [0.25, 0.3) is 6.08 Å². The second kappa shape index (κ2) is 4.04. The van der Waals surface area contributed by atoms with Crippen molar-refractivity contribution in [2.45, 2.75) is 12.0 Å². The van der Waals surface area contributed by atoms with Crippen LogP contribution in [0.1, 0.15) is 17.0 Å². The molecule has 2 unspecified atom stereocenters. The average molecular weight is 214 g/mol. The monoisotopic (exact) mass is 214 g/mol. The van der Waals surface area contributed by atoms with Gasteiger partial charge in [0.1, 0.15) is 0 Å². The molecule has 0 bridgehead atoms. The summed E-state index contributed by atoms with van der Waals surface area (Å²) < 4.78 is 0. The minimum atomic E-state index is 0.564. The van der Waals surface area contributed by atoms with E-state index >= 15 is 0 Å². The third kappa shape index (κ3) is 1.58. The van der Waals surface area contributed by atoms with Gasteiger partial charge in [0.15, 0.2) is 0 Å². The summed E-state index contributed by atoms with van der Waals surface area (Å²) in [5.41, 5.74) is 2.88. The predicted molar refractivity (Wildman–Crippen MR) is 67.5 cm³/mol. The summed E-state index contributed by atoms with van der Waals surface area (Å²) in [5.74, 6) is 0.564. The van der Waals surface area contributed by atoms with Gasteiger partial charge in [0.05, 0.1) is 0 Å². The number of hydrogen-bond acceptors (Lipinski definition) is 2. The van der Waals surface area contributed by atoms with Crippen LogP contribution in [-0.4, -0.2) is 37.6 Å². The van der Waals surface area contributed by atoms with Gasteiger partial charge >= 0.3 is 0 Å². The lowest BCUT2D eigenvalue weighted by Gasteiger charge is -2.36. The quantitative estimate of drug-likeness (QED) is 0.765. The van der Waals surface area contributed by atoms with Crippen molar-refractivity contribution < 1.29 is 0 Å². The first-order valence-electron chi connectivity index (χ1n) is 6.04. The van der Waals surface area contributed by atoms with Crippen LogP contribution in [0.3, 0.4) is 0 Å². The molecule has 1 aromatic rings. The normalized spacial score (nSPS) is 29.3. The molecule has 2 nitrogen and oxygen atoms in total. The molecule has 16 heavy (non-hydrogen) atoms. The van der Waals surface area contributed by atoms with E-state index in [9.17, 15) is 0 Å². The van der Waals surface area contributed by atoms with Gasteiger partial charge in [0.25, 0.3) is 0 Å². The Morgan fingerprint density at radius 1 is 1.31 bits per heavy atom. The molecule has 2 atom stereocenters. The van der Waals surface area contributed by atoms with Crippen molar-refractivity contribution in [2.75, 3.05) is 26.7 Å². The van der Waals surface area contributed by atoms with Crippen molar-refractivity contribution in [3.63, 3.8) is 0 Å². The van der Waals surface area contributed by atoms with Crippen LogP contribution in [0.2, 0.25) is 0 Å². The molecule has 2 aliphatic rings. The van der Waals surface area contributed by atoms with E-state index in [4.69, 9.17) is 0 Å². The van der Waals surface area contributed by atoms with Crippen LogP contribution < -0.4 is 5.32 Å². The van der Waals surface area contributed by atoms with E-state index in [0.717, 1.165) is 19.6 Å². The van der Waals surface area contributed by atoms with E-state index in [0.29, 0.717) is 12.0 Å². The Kier molecular flexibility index (Phi) is 2.54. The van der Waals surface area contributed by atoms with Crippen molar-refractivity contribution in [1.29, 1.82) is 0 Å². The van der Waals surface area contributed by atoms with E-state index in [1.807, 2.05) is 0 Å². The molecule has 1 aromatic carbocycles. The zero-order valence-electron chi connectivity index (χ0n) is 9.69. The van der Waals surface area contributed by atoms with Crippen LogP contribution in [0.15, 0.2) is 30.3 Å². The van der Waals surface area contributed by atoms with Gasteiger partial charge in [-0.05, 0) is 18.2 Å². The molecule has 1 aliphatic carbocycles. The van der Waals surface area contributed by atoms with Crippen molar-refractivity contribution in [1.82, 2.24) is 10.2 Å². The van der Waals surface area contributed by atoms with Crippen LogP contribution in [0.5, 0.6) is 0 Å². The molecule has 1 aliphatic heterocycles. The van der Waals surface area contributed by atoms with Crippen molar-refractivity contribution in [3.8, 4) is 0 Å². The highest BCUT2D eigenvalue weighted by Gasteiger charge is 2.30. The van der Waals surface area contributed by atoms with Crippen molar-refractivity contribution >= 4 is 6.08 Å². The maximum atomic E-state index is 3.50. The van der Waals surface area contributed by atoms with E-state index < -0.39 is 0 Å². The van der Waals surface area contributed by atoms with Crippen LogP contribution in [-0.2, 0) is 0 Å². The first kappa shape index (κ1) is 10.1. The topological polar surface area (TPSA) is 15.3 Å². The van der Waals surface area contributed by atoms with Gasteiger partial charge < -0.3 is 5.32 Å². The summed E-state index contributed by atoms with van der Waals surface area (Å²) in [7, 11) is 2.24. The smallest absolute Gasteiger partial charge is 0.0321 e. The summed E-state index contributed by atoms with van der Waals surface area (Å²) >= 11 is 0. The fourth-order valence-electron chi connectivity index (χ4n) is 2.84. The summed E-state index contributed by atoms with van der Waals surface area (Å²) in [4.78, 5) is 2.48. The standard InChI is InChI=1S/C14H18N2/c1-16-9-8-15-10-14(16)13-7-6-11-4-2-3-5-12(11)13/h2-7,13-15H,8-10H2,1H3. The largest absolute Gasteiger partial charge is 0.314 e. The first-order valence-corrected chi connectivity index (χ1v) is 6.04. The second-order valence-corrected chi connectivity index (χ2v) is 4.77. The van der Waals surface area contributed by atoms with E-state index in [1.54, 1.807) is 0 Å². The Balaban J connectivity index is 1.89. The van der Waals surface area contributed by atoms with Crippen molar-refractivity contribution in [3.05, 3.63) is 41.5 Å². The minimum absolute atomic E-state index is 0.564.